The third kappa shape index (κ3) is 4.87. The highest BCUT2D eigenvalue weighted by Gasteiger charge is 2.35. The molecule has 2 aromatic rings. The van der Waals surface area contributed by atoms with E-state index in [0.717, 1.165) is 35.8 Å². The standard InChI is InChI=1S/C21H25N3O4.HI/c1-25-17-4-2-3-16(12-17)24-20(22)23-13-21(7-9-26-10-8-21)15-5-6-18-19(11-15)28-14-27-18;/h2-6,11-12H,7-10,13-14H2,1H3,(H3,22,23,24);1H. The quantitative estimate of drug-likeness (QED) is 0.363. The number of fused-ring (bicyclic) bond motifs is 1. The van der Waals surface area contributed by atoms with Crippen molar-refractivity contribution in [3.63, 3.8) is 0 Å². The number of anilines is 1. The van der Waals surface area contributed by atoms with Crippen LogP contribution < -0.4 is 25.3 Å². The van der Waals surface area contributed by atoms with Crippen LogP contribution in [0.15, 0.2) is 47.5 Å². The van der Waals surface area contributed by atoms with Gasteiger partial charge in [-0.3, -0.25) is 4.99 Å². The monoisotopic (exact) mass is 511 g/mol. The van der Waals surface area contributed by atoms with Crippen molar-refractivity contribution in [3.05, 3.63) is 48.0 Å². The summed E-state index contributed by atoms with van der Waals surface area (Å²) in [4.78, 5) is 4.66. The van der Waals surface area contributed by atoms with E-state index in [2.05, 4.69) is 22.4 Å². The molecule has 4 rings (SSSR count). The highest BCUT2D eigenvalue weighted by Crippen LogP contribution is 2.41. The highest BCUT2D eigenvalue weighted by atomic mass is 127. The molecule has 156 valence electrons. The van der Waals surface area contributed by atoms with Crippen molar-refractivity contribution in [1.82, 2.24) is 0 Å². The van der Waals surface area contributed by atoms with Gasteiger partial charge in [-0.05, 0) is 42.7 Å². The molecule has 0 radical (unpaired) electrons. The van der Waals surface area contributed by atoms with Gasteiger partial charge in [0.25, 0.3) is 0 Å². The number of hydrogen-bond acceptors (Lipinski definition) is 5. The maximum atomic E-state index is 6.16. The third-order valence-electron chi connectivity index (χ3n) is 5.33. The Morgan fingerprint density at radius 3 is 2.72 bits per heavy atom. The molecule has 2 aliphatic rings. The van der Waals surface area contributed by atoms with Crippen LogP contribution in [0.3, 0.4) is 0 Å². The van der Waals surface area contributed by atoms with Crippen molar-refractivity contribution in [2.24, 2.45) is 10.7 Å². The summed E-state index contributed by atoms with van der Waals surface area (Å²) in [7, 11) is 1.64. The van der Waals surface area contributed by atoms with Crippen LogP contribution in [0.5, 0.6) is 17.2 Å². The molecule has 29 heavy (non-hydrogen) atoms. The van der Waals surface area contributed by atoms with Crippen LogP contribution in [-0.4, -0.2) is 39.6 Å². The first-order valence-corrected chi connectivity index (χ1v) is 9.37. The van der Waals surface area contributed by atoms with E-state index in [1.54, 1.807) is 7.11 Å². The van der Waals surface area contributed by atoms with Crippen molar-refractivity contribution < 1.29 is 18.9 Å². The van der Waals surface area contributed by atoms with Crippen LogP contribution in [0.25, 0.3) is 0 Å². The predicted octanol–water partition coefficient (Wildman–Crippen LogP) is 3.52. The SMILES string of the molecule is COc1cccc(NC(N)=NCC2(c3ccc4c(c3)OCO4)CCOCC2)c1.I. The van der Waals surface area contributed by atoms with E-state index < -0.39 is 0 Å². The Kier molecular flexibility index (Phi) is 7.07. The van der Waals surface area contributed by atoms with E-state index in [0.29, 0.717) is 25.7 Å². The second kappa shape index (κ2) is 9.53. The number of ether oxygens (including phenoxy) is 4. The van der Waals surface area contributed by atoms with Crippen LogP contribution in [-0.2, 0) is 10.2 Å². The maximum Gasteiger partial charge on any atom is 0.231 e. The Morgan fingerprint density at radius 2 is 1.93 bits per heavy atom. The molecule has 7 nitrogen and oxygen atoms in total. The molecule has 0 bridgehead atoms. The zero-order valence-corrected chi connectivity index (χ0v) is 18.7. The Hall–Kier alpha value is -2.20. The third-order valence-corrected chi connectivity index (χ3v) is 5.33. The minimum Gasteiger partial charge on any atom is -0.497 e. The van der Waals surface area contributed by atoms with Gasteiger partial charge in [-0.25, -0.2) is 0 Å². The van der Waals surface area contributed by atoms with E-state index >= 15 is 0 Å². The molecular weight excluding hydrogens is 485 g/mol. The minimum absolute atomic E-state index is 0. The second-order valence-electron chi connectivity index (χ2n) is 7.02. The van der Waals surface area contributed by atoms with Crippen LogP contribution in [0.4, 0.5) is 5.69 Å². The number of guanidine groups is 1. The number of nitrogens with two attached hydrogens (primary N) is 1. The summed E-state index contributed by atoms with van der Waals surface area (Å²) < 4.78 is 21.9. The Bertz CT molecular complexity index is 869. The molecule has 0 aromatic heterocycles. The van der Waals surface area contributed by atoms with Crippen LogP contribution in [0.1, 0.15) is 18.4 Å². The summed E-state index contributed by atoms with van der Waals surface area (Å²) in [5.41, 5.74) is 8.04. The van der Waals surface area contributed by atoms with Gasteiger partial charge in [-0.15, -0.1) is 24.0 Å². The van der Waals surface area contributed by atoms with Crippen molar-refractivity contribution in [1.29, 1.82) is 0 Å². The first kappa shape index (κ1) is 21.5. The van der Waals surface area contributed by atoms with Crippen LogP contribution in [0.2, 0.25) is 0 Å². The van der Waals surface area contributed by atoms with E-state index in [9.17, 15) is 0 Å². The fraction of sp³-hybridized carbons (Fsp3) is 0.381. The van der Waals surface area contributed by atoms with Crippen molar-refractivity contribution in [2.45, 2.75) is 18.3 Å². The van der Waals surface area contributed by atoms with Gasteiger partial charge in [0.2, 0.25) is 6.79 Å². The van der Waals surface area contributed by atoms with Gasteiger partial charge in [0.1, 0.15) is 5.75 Å². The zero-order chi connectivity index (χ0) is 19.4. The number of methoxy groups -OCH3 is 1. The number of hydrogen-bond donors (Lipinski definition) is 2. The average molecular weight is 511 g/mol. The molecule has 8 heteroatoms. The summed E-state index contributed by atoms with van der Waals surface area (Å²) >= 11 is 0. The molecule has 2 heterocycles. The van der Waals surface area contributed by atoms with Crippen molar-refractivity contribution in [2.75, 3.05) is 39.0 Å². The fourth-order valence-corrected chi connectivity index (χ4v) is 3.65. The second-order valence-corrected chi connectivity index (χ2v) is 7.02. The van der Waals surface area contributed by atoms with Gasteiger partial charge in [-0.2, -0.15) is 0 Å². The average Bonchev–Trinajstić information content (AvgIpc) is 3.21. The molecule has 0 saturated carbocycles. The van der Waals surface area contributed by atoms with Gasteiger partial charge >= 0.3 is 0 Å². The largest absolute Gasteiger partial charge is 0.497 e. The molecule has 3 N–H and O–H groups in total. The van der Waals surface area contributed by atoms with E-state index in [4.69, 9.17) is 24.7 Å². The molecular formula is C21H26IN3O4. The van der Waals surface area contributed by atoms with Gasteiger partial charge in [0, 0.05) is 30.4 Å². The number of nitrogens with zero attached hydrogens (tertiary/aromatic N) is 1. The summed E-state index contributed by atoms with van der Waals surface area (Å²) in [6.45, 7) is 2.24. The van der Waals surface area contributed by atoms with Gasteiger partial charge < -0.3 is 30.0 Å². The van der Waals surface area contributed by atoms with Crippen molar-refractivity contribution in [3.8, 4) is 17.2 Å². The molecule has 0 spiro atoms. The van der Waals surface area contributed by atoms with Gasteiger partial charge in [-0.1, -0.05) is 12.1 Å². The molecule has 2 aliphatic heterocycles. The summed E-state index contributed by atoms with van der Waals surface area (Å²) in [5.74, 6) is 2.71. The molecule has 2 aromatic carbocycles. The minimum atomic E-state index is -0.139. The van der Waals surface area contributed by atoms with Crippen LogP contribution in [0, 0.1) is 0 Å². The Labute approximate surface area is 187 Å². The number of rotatable bonds is 5. The van der Waals surface area contributed by atoms with Gasteiger partial charge in [0.05, 0.1) is 13.7 Å². The molecule has 1 fully saturated rings. The summed E-state index contributed by atoms with van der Waals surface area (Å²) in [6.07, 6.45) is 1.76. The van der Waals surface area contributed by atoms with Gasteiger partial charge in [0.15, 0.2) is 17.5 Å². The Balaban J connectivity index is 0.00000240. The number of aliphatic imine (C=N–C) groups is 1. The molecule has 0 atom stereocenters. The molecule has 0 amide bonds. The number of benzene rings is 2. The maximum absolute atomic E-state index is 6.16. The summed E-state index contributed by atoms with van der Waals surface area (Å²) in [6, 6.07) is 13.7. The lowest BCUT2D eigenvalue weighted by molar-refractivity contribution is 0.0531. The highest BCUT2D eigenvalue weighted by molar-refractivity contribution is 14.0. The van der Waals surface area contributed by atoms with Crippen LogP contribution >= 0.6 is 24.0 Å². The molecule has 0 aliphatic carbocycles. The first-order chi connectivity index (χ1) is 13.7. The lowest BCUT2D eigenvalue weighted by Crippen LogP contribution is -2.38. The van der Waals surface area contributed by atoms with E-state index in [1.807, 2.05) is 30.3 Å². The van der Waals surface area contributed by atoms with Crippen molar-refractivity contribution >= 4 is 35.6 Å². The van der Waals surface area contributed by atoms with E-state index in [1.165, 1.54) is 5.56 Å². The lowest BCUT2D eigenvalue weighted by Gasteiger charge is -2.36. The smallest absolute Gasteiger partial charge is 0.231 e. The number of nitrogens with one attached hydrogen (secondary N) is 1. The molecule has 1 saturated heterocycles. The number of halogens is 1. The fourth-order valence-electron chi connectivity index (χ4n) is 3.65. The topological polar surface area (TPSA) is 87.3 Å². The lowest BCUT2D eigenvalue weighted by atomic mass is 9.74. The van der Waals surface area contributed by atoms with E-state index in [-0.39, 0.29) is 36.2 Å². The first-order valence-electron chi connectivity index (χ1n) is 9.37. The normalized spacial score (nSPS) is 17.3. The molecule has 0 unspecified atom stereocenters. The Morgan fingerprint density at radius 1 is 1.14 bits per heavy atom. The summed E-state index contributed by atoms with van der Waals surface area (Å²) in [5, 5.41) is 3.14. The predicted molar refractivity (Wildman–Crippen MR) is 123 cm³/mol. The zero-order valence-electron chi connectivity index (χ0n) is 16.3.